The Morgan fingerprint density at radius 1 is 0.737 bits per heavy atom. The Labute approximate surface area is 104 Å². The van der Waals surface area contributed by atoms with Crippen LogP contribution in [0.3, 0.4) is 0 Å². The van der Waals surface area contributed by atoms with Gasteiger partial charge < -0.3 is 0 Å². The van der Waals surface area contributed by atoms with Gasteiger partial charge in [-0.15, -0.1) is 0 Å². The molecule has 0 fully saturated rings. The van der Waals surface area contributed by atoms with Crippen molar-refractivity contribution in [2.24, 2.45) is 0 Å². The summed E-state index contributed by atoms with van der Waals surface area (Å²) in [4.78, 5) is 0. The zero-order chi connectivity index (χ0) is 15.1. The normalized spacial score (nSPS) is 11.7. The Balaban J connectivity index is 3.82. The van der Waals surface area contributed by atoms with Gasteiger partial charge in [0.15, 0.2) is 23.3 Å². The summed E-state index contributed by atoms with van der Waals surface area (Å²) in [6.07, 6.45) is -3.07. The van der Waals surface area contributed by atoms with Gasteiger partial charge in [0.2, 0.25) is 5.83 Å². The van der Waals surface area contributed by atoms with Crippen LogP contribution in [0.5, 0.6) is 0 Å². The van der Waals surface area contributed by atoms with Gasteiger partial charge in [0.25, 0.3) is 0 Å². The van der Waals surface area contributed by atoms with Crippen molar-refractivity contribution >= 4 is 5.83 Å². The highest BCUT2D eigenvalue weighted by molar-refractivity contribution is 5.62. The summed E-state index contributed by atoms with van der Waals surface area (Å²) in [5.74, 6) is -10.8. The van der Waals surface area contributed by atoms with E-state index in [0.29, 0.717) is 0 Å². The van der Waals surface area contributed by atoms with E-state index in [1.165, 1.54) is 20.8 Å². The van der Waals surface area contributed by atoms with Crippen molar-refractivity contribution in [3.8, 4) is 0 Å². The monoisotopic (exact) mass is 286 g/mol. The summed E-state index contributed by atoms with van der Waals surface area (Å²) < 4.78 is 91.0. The molecule has 0 atom stereocenters. The molecule has 19 heavy (non-hydrogen) atoms. The first-order valence-electron chi connectivity index (χ1n) is 5.07. The topological polar surface area (TPSA) is 0 Å². The molecular formula is C12H9F7. The number of benzene rings is 1. The molecule has 0 amide bonds. The van der Waals surface area contributed by atoms with Crippen molar-refractivity contribution in [3.63, 3.8) is 0 Å². The molecule has 0 saturated heterocycles. The van der Waals surface area contributed by atoms with E-state index >= 15 is 0 Å². The third-order valence-corrected chi connectivity index (χ3v) is 2.40. The lowest BCUT2D eigenvalue weighted by molar-refractivity contribution is 0.388. The maximum atomic E-state index is 13.6. The van der Waals surface area contributed by atoms with Crippen LogP contribution < -0.4 is 0 Å². The standard InChI is InChI=1S/C12H9F7/c1-12(2,3)5-9(16)6(13)4(7(14)10(5)17)8(15)11(18)19/h1-3H3. The van der Waals surface area contributed by atoms with Crippen LogP contribution in [0.2, 0.25) is 0 Å². The first kappa shape index (κ1) is 15.5. The molecule has 0 aliphatic rings. The number of halogens is 7. The van der Waals surface area contributed by atoms with Gasteiger partial charge in [0, 0.05) is 5.56 Å². The summed E-state index contributed by atoms with van der Waals surface area (Å²) in [5.41, 5.74) is -4.34. The Hall–Kier alpha value is -1.53. The van der Waals surface area contributed by atoms with Crippen LogP contribution in [0.15, 0.2) is 6.08 Å². The van der Waals surface area contributed by atoms with E-state index in [1.54, 1.807) is 0 Å². The van der Waals surface area contributed by atoms with Gasteiger partial charge in [-0.05, 0) is 5.41 Å². The van der Waals surface area contributed by atoms with E-state index in [4.69, 9.17) is 0 Å². The second-order valence-electron chi connectivity index (χ2n) is 4.83. The first-order valence-corrected chi connectivity index (χ1v) is 5.07. The predicted octanol–water partition coefficient (Wildman–Crippen LogP) is 5.08. The molecule has 0 N–H and O–H groups in total. The van der Waals surface area contributed by atoms with E-state index in [9.17, 15) is 30.7 Å². The quantitative estimate of drug-likeness (QED) is 0.499. The summed E-state index contributed by atoms with van der Waals surface area (Å²) >= 11 is 0. The predicted molar refractivity (Wildman–Crippen MR) is 55.2 cm³/mol. The van der Waals surface area contributed by atoms with Crippen molar-refractivity contribution in [1.82, 2.24) is 0 Å². The Kier molecular flexibility index (Phi) is 3.97. The summed E-state index contributed by atoms with van der Waals surface area (Å²) in [5, 5.41) is 0. The fraction of sp³-hybridized carbons (Fsp3) is 0.333. The SMILES string of the molecule is CC(C)(C)c1c(F)c(F)c(C(F)=C(F)F)c(F)c1F. The second-order valence-corrected chi connectivity index (χ2v) is 4.83. The minimum atomic E-state index is -3.07. The van der Waals surface area contributed by atoms with E-state index in [0.717, 1.165) is 0 Å². The van der Waals surface area contributed by atoms with Crippen molar-refractivity contribution in [3.05, 3.63) is 40.5 Å². The molecule has 1 aromatic rings. The molecule has 0 nitrogen and oxygen atoms in total. The highest BCUT2D eigenvalue weighted by Crippen LogP contribution is 2.36. The molecule has 1 rings (SSSR count). The van der Waals surface area contributed by atoms with Crippen molar-refractivity contribution in [2.45, 2.75) is 26.2 Å². The summed E-state index contributed by atoms with van der Waals surface area (Å²) in [7, 11) is 0. The minimum Gasteiger partial charge on any atom is -0.203 e. The lowest BCUT2D eigenvalue weighted by Crippen LogP contribution is -2.20. The van der Waals surface area contributed by atoms with Gasteiger partial charge in [-0.2, -0.15) is 8.78 Å². The van der Waals surface area contributed by atoms with E-state index in [1.807, 2.05) is 0 Å². The van der Waals surface area contributed by atoms with E-state index < -0.39 is 51.7 Å². The summed E-state index contributed by atoms with van der Waals surface area (Å²) in [6.45, 7) is 3.78. The zero-order valence-corrected chi connectivity index (χ0v) is 10.1. The fourth-order valence-corrected chi connectivity index (χ4v) is 1.58. The second kappa shape index (κ2) is 4.86. The van der Waals surface area contributed by atoms with E-state index in [-0.39, 0.29) is 0 Å². The maximum absolute atomic E-state index is 13.6. The van der Waals surface area contributed by atoms with Crippen LogP contribution in [0, 0.1) is 23.3 Å². The first-order chi connectivity index (χ1) is 8.50. The van der Waals surface area contributed by atoms with Crippen LogP contribution in [-0.2, 0) is 5.41 Å². The van der Waals surface area contributed by atoms with Crippen LogP contribution in [-0.4, -0.2) is 0 Å². The van der Waals surface area contributed by atoms with Gasteiger partial charge >= 0.3 is 6.08 Å². The Bertz CT molecular complexity index is 519. The zero-order valence-electron chi connectivity index (χ0n) is 10.1. The van der Waals surface area contributed by atoms with Crippen LogP contribution in [0.4, 0.5) is 30.7 Å². The van der Waals surface area contributed by atoms with Gasteiger partial charge in [-0.1, -0.05) is 20.8 Å². The molecule has 0 aliphatic carbocycles. The number of rotatable bonds is 1. The average Bonchev–Trinajstić information content (AvgIpc) is 2.24. The molecule has 0 heterocycles. The molecule has 0 spiro atoms. The lowest BCUT2D eigenvalue weighted by Gasteiger charge is -2.22. The maximum Gasteiger partial charge on any atom is 0.306 e. The van der Waals surface area contributed by atoms with Gasteiger partial charge in [-0.3, -0.25) is 0 Å². The summed E-state index contributed by atoms with van der Waals surface area (Å²) in [6, 6.07) is 0. The molecular weight excluding hydrogens is 277 g/mol. The largest absolute Gasteiger partial charge is 0.306 e. The van der Waals surface area contributed by atoms with Gasteiger partial charge in [0.05, 0.1) is 5.56 Å². The van der Waals surface area contributed by atoms with Crippen molar-refractivity contribution < 1.29 is 30.7 Å². The fourth-order valence-electron chi connectivity index (χ4n) is 1.58. The van der Waals surface area contributed by atoms with Crippen LogP contribution in [0.1, 0.15) is 31.9 Å². The van der Waals surface area contributed by atoms with Gasteiger partial charge in [0.1, 0.15) is 0 Å². The molecule has 7 heteroatoms. The smallest absolute Gasteiger partial charge is 0.203 e. The Morgan fingerprint density at radius 3 is 1.37 bits per heavy atom. The molecule has 0 aromatic heterocycles. The van der Waals surface area contributed by atoms with Crippen molar-refractivity contribution in [1.29, 1.82) is 0 Å². The number of hydrogen-bond acceptors (Lipinski definition) is 0. The molecule has 1 aromatic carbocycles. The average molecular weight is 286 g/mol. The van der Waals surface area contributed by atoms with Gasteiger partial charge in [-0.25, -0.2) is 22.0 Å². The molecule has 0 unspecified atom stereocenters. The van der Waals surface area contributed by atoms with Crippen LogP contribution >= 0.6 is 0 Å². The molecule has 106 valence electrons. The molecule has 0 saturated carbocycles. The molecule has 0 bridgehead atoms. The third-order valence-electron chi connectivity index (χ3n) is 2.40. The molecule has 0 radical (unpaired) electrons. The highest BCUT2D eigenvalue weighted by atomic mass is 19.3. The highest BCUT2D eigenvalue weighted by Gasteiger charge is 2.34. The number of hydrogen-bond donors (Lipinski definition) is 0. The van der Waals surface area contributed by atoms with E-state index in [2.05, 4.69) is 0 Å². The van der Waals surface area contributed by atoms with Crippen LogP contribution in [0.25, 0.3) is 5.83 Å². The third kappa shape index (κ3) is 2.59. The lowest BCUT2D eigenvalue weighted by atomic mass is 9.85. The molecule has 0 aliphatic heterocycles. The minimum absolute atomic E-state index is 0.974. The van der Waals surface area contributed by atoms with Crippen molar-refractivity contribution in [2.75, 3.05) is 0 Å². The Morgan fingerprint density at radius 2 is 1.11 bits per heavy atom.